The van der Waals surface area contributed by atoms with Gasteiger partial charge in [-0.2, -0.15) is 0 Å². The molecule has 3 aromatic rings. The third kappa shape index (κ3) is 7.80. The van der Waals surface area contributed by atoms with E-state index in [-0.39, 0.29) is 16.7 Å². The molecule has 4 N–H and O–H groups in total. The van der Waals surface area contributed by atoms with Gasteiger partial charge in [-0.1, -0.05) is 62.4 Å². The molecule has 0 spiro atoms. The molecule has 9 nitrogen and oxygen atoms in total. The number of anilines is 1. The van der Waals surface area contributed by atoms with Crippen LogP contribution in [0.5, 0.6) is 5.75 Å². The van der Waals surface area contributed by atoms with Gasteiger partial charge in [0, 0.05) is 12.2 Å². The van der Waals surface area contributed by atoms with Crippen LogP contribution >= 0.6 is 0 Å². The van der Waals surface area contributed by atoms with Gasteiger partial charge >= 0.3 is 12.0 Å². The van der Waals surface area contributed by atoms with Crippen LogP contribution in [-0.2, 0) is 14.8 Å². The van der Waals surface area contributed by atoms with Crippen molar-refractivity contribution >= 4 is 27.7 Å². The zero-order valence-corrected chi connectivity index (χ0v) is 21.7. The Hall–Kier alpha value is -3.89. The molecular weight excluding hydrogens is 494 g/mol. The molecule has 0 radical (unpaired) electrons. The Labute approximate surface area is 216 Å². The minimum absolute atomic E-state index is 0.112. The normalized spacial score (nSPS) is 12.1. The SMILES string of the molecule is COc1ccc(-c2cccc(NC(=O)NCC(C)C)c2)cc1S(=O)(=O)N[C@@H](CC(=O)O)c1ccccc1. The van der Waals surface area contributed by atoms with Crippen LogP contribution in [0.15, 0.2) is 77.7 Å². The van der Waals surface area contributed by atoms with E-state index in [1.165, 1.54) is 19.2 Å². The number of aliphatic carboxylic acids is 1. The van der Waals surface area contributed by atoms with E-state index in [0.717, 1.165) is 0 Å². The Morgan fingerprint density at radius 1 is 0.946 bits per heavy atom. The van der Waals surface area contributed by atoms with Crippen molar-refractivity contribution in [2.45, 2.75) is 31.2 Å². The highest BCUT2D eigenvalue weighted by atomic mass is 32.2. The number of carboxylic acid groups (broad SMARTS) is 1. The maximum atomic E-state index is 13.5. The minimum atomic E-state index is -4.19. The van der Waals surface area contributed by atoms with E-state index < -0.39 is 28.5 Å². The number of carboxylic acids is 1. The first kappa shape index (κ1) is 27.7. The van der Waals surface area contributed by atoms with Crippen LogP contribution in [-0.4, -0.2) is 39.2 Å². The fraction of sp³-hybridized carbons (Fsp3) is 0.259. The zero-order valence-electron chi connectivity index (χ0n) is 20.9. The average molecular weight is 526 g/mol. The fourth-order valence-electron chi connectivity index (χ4n) is 3.65. The summed E-state index contributed by atoms with van der Waals surface area (Å²) < 4.78 is 34.7. The van der Waals surface area contributed by atoms with Crippen molar-refractivity contribution in [2.24, 2.45) is 5.92 Å². The number of hydrogen-bond acceptors (Lipinski definition) is 5. The topological polar surface area (TPSA) is 134 Å². The molecule has 0 saturated heterocycles. The predicted octanol–water partition coefficient (Wildman–Crippen LogP) is 4.63. The van der Waals surface area contributed by atoms with Crippen LogP contribution in [0, 0.1) is 5.92 Å². The van der Waals surface area contributed by atoms with Crippen LogP contribution in [0.25, 0.3) is 11.1 Å². The second-order valence-corrected chi connectivity index (χ2v) is 10.5. The van der Waals surface area contributed by atoms with Crippen molar-refractivity contribution in [1.82, 2.24) is 10.0 Å². The summed E-state index contributed by atoms with van der Waals surface area (Å²) in [5.74, 6) is -0.720. The van der Waals surface area contributed by atoms with Gasteiger partial charge in [0.05, 0.1) is 19.6 Å². The summed E-state index contributed by atoms with van der Waals surface area (Å²) in [4.78, 5) is 23.5. The molecule has 2 amide bonds. The molecule has 0 fully saturated rings. The number of hydrogen-bond donors (Lipinski definition) is 4. The highest BCUT2D eigenvalue weighted by Crippen LogP contribution is 2.32. The van der Waals surface area contributed by atoms with Crippen LogP contribution < -0.4 is 20.1 Å². The summed E-state index contributed by atoms with van der Waals surface area (Å²) in [7, 11) is -2.83. The molecule has 10 heteroatoms. The van der Waals surface area contributed by atoms with Crippen molar-refractivity contribution in [3.63, 3.8) is 0 Å². The highest BCUT2D eigenvalue weighted by molar-refractivity contribution is 7.89. The number of benzene rings is 3. The Morgan fingerprint density at radius 3 is 2.30 bits per heavy atom. The van der Waals surface area contributed by atoms with E-state index in [1.807, 2.05) is 13.8 Å². The first-order valence-corrected chi connectivity index (χ1v) is 13.2. The fourth-order valence-corrected chi connectivity index (χ4v) is 5.07. The van der Waals surface area contributed by atoms with Crippen LogP contribution in [0.3, 0.4) is 0 Å². The second-order valence-electron chi connectivity index (χ2n) is 8.86. The van der Waals surface area contributed by atoms with Crippen molar-refractivity contribution in [3.05, 3.63) is 78.4 Å². The Balaban J connectivity index is 1.92. The lowest BCUT2D eigenvalue weighted by Crippen LogP contribution is -2.31. The van der Waals surface area contributed by atoms with Gasteiger partial charge in [0.2, 0.25) is 10.0 Å². The van der Waals surface area contributed by atoms with Gasteiger partial charge in [-0.25, -0.2) is 17.9 Å². The third-order valence-electron chi connectivity index (χ3n) is 5.46. The zero-order chi connectivity index (χ0) is 27.0. The van der Waals surface area contributed by atoms with Crippen molar-refractivity contribution in [1.29, 1.82) is 0 Å². The van der Waals surface area contributed by atoms with Gasteiger partial charge in [-0.05, 0) is 46.9 Å². The second kappa shape index (κ2) is 12.4. The summed E-state index contributed by atoms with van der Waals surface area (Å²) in [6, 6.07) is 18.9. The van der Waals surface area contributed by atoms with E-state index in [4.69, 9.17) is 4.74 Å². The Kier molecular flexibility index (Phi) is 9.26. The number of ether oxygens (including phenoxy) is 1. The molecule has 3 aromatic carbocycles. The number of rotatable bonds is 11. The summed E-state index contributed by atoms with van der Waals surface area (Å²) in [5.41, 5.74) is 2.31. The first-order valence-electron chi connectivity index (χ1n) is 11.7. The summed E-state index contributed by atoms with van der Waals surface area (Å²) in [6.45, 7) is 4.52. The number of nitrogens with one attached hydrogen (secondary N) is 3. The monoisotopic (exact) mass is 525 g/mol. The molecule has 0 unspecified atom stereocenters. The summed E-state index contributed by atoms with van der Waals surface area (Å²) in [6.07, 6.45) is -0.433. The molecule has 0 aliphatic heterocycles. The van der Waals surface area contributed by atoms with Crippen LogP contribution in [0.1, 0.15) is 31.9 Å². The molecule has 37 heavy (non-hydrogen) atoms. The smallest absolute Gasteiger partial charge is 0.319 e. The highest BCUT2D eigenvalue weighted by Gasteiger charge is 2.26. The molecule has 0 saturated carbocycles. The van der Waals surface area contributed by atoms with Gasteiger partial charge in [-0.15, -0.1) is 0 Å². The van der Waals surface area contributed by atoms with Crippen LogP contribution in [0.4, 0.5) is 10.5 Å². The number of sulfonamides is 1. The molecule has 0 bridgehead atoms. The molecule has 1 atom stereocenters. The van der Waals surface area contributed by atoms with Gasteiger partial charge in [0.25, 0.3) is 0 Å². The number of carbonyl (C=O) groups is 2. The Morgan fingerprint density at radius 2 is 1.65 bits per heavy atom. The van der Waals surface area contributed by atoms with Crippen molar-refractivity contribution < 1.29 is 27.9 Å². The van der Waals surface area contributed by atoms with Gasteiger partial charge in [0.15, 0.2) is 0 Å². The summed E-state index contributed by atoms with van der Waals surface area (Å²) >= 11 is 0. The van der Waals surface area contributed by atoms with Gasteiger partial charge in [-0.3, -0.25) is 4.79 Å². The number of urea groups is 1. The molecule has 0 aliphatic rings. The quantitative estimate of drug-likeness (QED) is 0.288. The first-order chi connectivity index (χ1) is 17.6. The van der Waals surface area contributed by atoms with E-state index in [9.17, 15) is 23.1 Å². The van der Waals surface area contributed by atoms with Crippen molar-refractivity contribution in [3.8, 4) is 16.9 Å². The lowest BCUT2D eigenvalue weighted by molar-refractivity contribution is -0.137. The van der Waals surface area contributed by atoms with E-state index in [1.54, 1.807) is 60.7 Å². The molecule has 196 valence electrons. The number of carbonyl (C=O) groups excluding carboxylic acids is 1. The van der Waals surface area contributed by atoms with Gasteiger partial charge < -0.3 is 20.5 Å². The maximum Gasteiger partial charge on any atom is 0.319 e. The third-order valence-corrected chi connectivity index (χ3v) is 6.95. The Bertz CT molecular complexity index is 1340. The summed E-state index contributed by atoms with van der Waals surface area (Å²) in [5, 5.41) is 14.9. The molecule has 0 aliphatic carbocycles. The maximum absolute atomic E-state index is 13.5. The van der Waals surface area contributed by atoms with E-state index in [0.29, 0.717) is 34.8 Å². The average Bonchev–Trinajstić information content (AvgIpc) is 2.87. The molecular formula is C27H31N3O6S. The van der Waals surface area contributed by atoms with E-state index >= 15 is 0 Å². The lowest BCUT2D eigenvalue weighted by Gasteiger charge is -2.19. The molecule has 3 rings (SSSR count). The van der Waals surface area contributed by atoms with Gasteiger partial charge in [0.1, 0.15) is 10.6 Å². The largest absolute Gasteiger partial charge is 0.495 e. The van der Waals surface area contributed by atoms with E-state index in [2.05, 4.69) is 15.4 Å². The minimum Gasteiger partial charge on any atom is -0.495 e. The standard InChI is InChI=1S/C27H31N3O6S/c1-18(2)17-28-27(33)29-22-11-7-10-20(14-22)21-12-13-24(36-3)25(15-21)37(34,35)30-23(16-26(31)32)19-8-5-4-6-9-19/h4-15,18,23,30H,16-17H2,1-3H3,(H,31,32)(H2,28,29,33)/t23-/m0/s1. The van der Waals surface area contributed by atoms with Crippen molar-refractivity contribution in [2.75, 3.05) is 19.0 Å². The lowest BCUT2D eigenvalue weighted by atomic mass is 10.0. The van der Waals surface area contributed by atoms with Crippen LogP contribution in [0.2, 0.25) is 0 Å². The number of methoxy groups -OCH3 is 1. The predicted molar refractivity (Wildman–Crippen MR) is 142 cm³/mol. The molecule has 0 aromatic heterocycles. The molecule has 0 heterocycles. The number of amides is 2.